The molecular formula is C9H21N3O3S. The van der Waals surface area contributed by atoms with Gasteiger partial charge >= 0.3 is 0 Å². The minimum Gasteiger partial charge on any atom is -0.340 e. The van der Waals surface area contributed by atoms with E-state index >= 15 is 0 Å². The summed E-state index contributed by atoms with van der Waals surface area (Å²) in [5, 5.41) is 0. The van der Waals surface area contributed by atoms with Gasteiger partial charge in [-0.05, 0) is 14.1 Å². The maximum atomic E-state index is 11.2. The molecule has 0 aliphatic heterocycles. The van der Waals surface area contributed by atoms with Crippen LogP contribution in [0.3, 0.4) is 0 Å². The van der Waals surface area contributed by atoms with Crippen molar-refractivity contribution in [3.8, 4) is 0 Å². The Morgan fingerprint density at radius 3 is 2.12 bits per heavy atom. The highest BCUT2D eigenvalue weighted by atomic mass is 32.2. The number of likely N-dealkylation sites (N-methyl/N-ethyl adjacent to an activating group) is 1. The first kappa shape index (κ1) is 15.3. The van der Waals surface area contributed by atoms with Gasteiger partial charge in [-0.15, -0.1) is 0 Å². The van der Waals surface area contributed by atoms with Crippen molar-refractivity contribution in [1.29, 1.82) is 0 Å². The maximum absolute atomic E-state index is 11.2. The second kappa shape index (κ2) is 6.82. The van der Waals surface area contributed by atoms with Gasteiger partial charge in [-0.25, -0.2) is 13.1 Å². The number of hydrogen-bond donors (Lipinski definition) is 1. The zero-order valence-electron chi connectivity index (χ0n) is 10.4. The third kappa shape index (κ3) is 8.63. The molecule has 0 saturated carbocycles. The number of carbonyl (C=O) groups excluding carboxylic acids is 1. The zero-order chi connectivity index (χ0) is 12.8. The molecule has 0 heterocycles. The van der Waals surface area contributed by atoms with E-state index in [9.17, 15) is 13.2 Å². The predicted octanol–water partition coefficient (Wildman–Crippen LogP) is -1.05. The number of nitrogens with one attached hydrogen (secondary N) is 1. The molecule has 96 valence electrons. The number of sulfonamides is 1. The molecule has 1 amide bonds. The fourth-order valence-electron chi connectivity index (χ4n) is 1.11. The highest BCUT2D eigenvalue weighted by Gasteiger charge is 2.09. The van der Waals surface area contributed by atoms with Gasteiger partial charge in [0.05, 0.1) is 6.26 Å². The SMILES string of the molecule is CC(=O)N(CCNS(C)(=O)=O)CCN(C)C. The molecule has 0 atom stereocenters. The van der Waals surface area contributed by atoms with Gasteiger partial charge in [-0.3, -0.25) is 4.79 Å². The molecule has 1 N–H and O–H groups in total. The van der Waals surface area contributed by atoms with Crippen molar-refractivity contribution in [2.45, 2.75) is 6.92 Å². The molecule has 0 saturated heterocycles. The fraction of sp³-hybridized carbons (Fsp3) is 0.889. The van der Waals surface area contributed by atoms with E-state index < -0.39 is 10.0 Å². The van der Waals surface area contributed by atoms with Crippen LogP contribution in [0.15, 0.2) is 0 Å². The van der Waals surface area contributed by atoms with E-state index in [1.54, 1.807) is 4.90 Å². The Balaban J connectivity index is 4.00. The van der Waals surface area contributed by atoms with E-state index in [4.69, 9.17) is 0 Å². The molecular weight excluding hydrogens is 230 g/mol. The Labute approximate surface area is 97.7 Å². The lowest BCUT2D eigenvalue weighted by molar-refractivity contribution is -0.128. The van der Waals surface area contributed by atoms with Gasteiger partial charge in [-0.2, -0.15) is 0 Å². The minimum absolute atomic E-state index is 0.0443. The molecule has 0 rings (SSSR count). The van der Waals surface area contributed by atoms with Crippen LogP contribution in [0.5, 0.6) is 0 Å². The summed E-state index contributed by atoms with van der Waals surface area (Å²) in [5.41, 5.74) is 0. The van der Waals surface area contributed by atoms with Gasteiger partial charge in [0, 0.05) is 33.1 Å². The number of hydrogen-bond acceptors (Lipinski definition) is 4. The molecule has 0 fully saturated rings. The van der Waals surface area contributed by atoms with Crippen LogP contribution in [0.2, 0.25) is 0 Å². The van der Waals surface area contributed by atoms with Crippen molar-refractivity contribution in [3.05, 3.63) is 0 Å². The highest BCUT2D eigenvalue weighted by Crippen LogP contribution is 1.90. The van der Waals surface area contributed by atoms with E-state index in [1.165, 1.54) is 6.92 Å². The van der Waals surface area contributed by atoms with Gasteiger partial charge < -0.3 is 9.80 Å². The number of nitrogens with zero attached hydrogens (tertiary/aromatic N) is 2. The van der Waals surface area contributed by atoms with Crippen molar-refractivity contribution in [2.75, 3.05) is 46.5 Å². The number of rotatable bonds is 7. The lowest BCUT2D eigenvalue weighted by Crippen LogP contribution is -2.40. The summed E-state index contributed by atoms with van der Waals surface area (Å²) in [5.74, 6) is -0.0443. The first-order valence-corrected chi connectivity index (χ1v) is 6.96. The van der Waals surface area contributed by atoms with Crippen LogP contribution in [0, 0.1) is 0 Å². The van der Waals surface area contributed by atoms with Crippen LogP contribution in [-0.4, -0.2) is 70.7 Å². The lowest BCUT2D eigenvalue weighted by atomic mass is 10.4. The minimum atomic E-state index is -3.18. The van der Waals surface area contributed by atoms with Crippen molar-refractivity contribution < 1.29 is 13.2 Å². The Kier molecular flexibility index (Phi) is 6.54. The second-order valence-electron chi connectivity index (χ2n) is 3.98. The summed E-state index contributed by atoms with van der Waals surface area (Å²) < 4.78 is 24.0. The van der Waals surface area contributed by atoms with Gasteiger partial charge in [0.2, 0.25) is 15.9 Å². The zero-order valence-corrected chi connectivity index (χ0v) is 11.2. The summed E-state index contributed by atoms with van der Waals surface area (Å²) in [4.78, 5) is 14.8. The van der Waals surface area contributed by atoms with Crippen LogP contribution in [0.1, 0.15) is 6.92 Å². The largest absolute Gasteiger partial charge is 0.340 e. The quantitative estimate of drug-likeness (QED) is 0.626. The molecule has 16 heavy (non-hydrogen) atoms. The van der Waals surface area contributed by atoms with E-state index in [1.807, 2.05) is 19.0 Å². The monoisotopic (exact) mass is 251 g/mol. The van der Waals surface area contributed by atoms with Crippen molar-refractivity contribution in [1.82, 2.24) is 14.5 Å². The molecule has 0 bridgehead atoms. The predicted molar refractivity (Wildman–Crippen MR) is 63.7 cm³/mol. The Bertz CT molecular complexity index is 314. The van der Waals surface area contributed by atoms with E-state index in [0.717, 1.165) is 12.8 Å². The van der Waals surface area contributed by atoms with Crippen LogP contribution >= 0.6 is 0 Å². The number of amides is 1. The van der Waals surface area contributed by atoms with Gasteiger partial charge in [0.15, 0.2) is 0 Å². The standard InChI is InChI=1S/C9H21N3O3S/c1-9(13)12(8-7-11(2)3)6-5-10-16(4,14)15/h10H,5-8H2,1-4H3. The van der Waals surface area contributed by atoms with E-state index in [2.05, 4.69) is 4.72 Å². The molecule has 0 aliphatic rings. The first-order chi connectivity index (χ1) is 7.22. The smallest absolute Gasteiger partial charge is 0.219 e. The summed E-state index contributed by atoms with van der Waals surface area (Å²) in [7, 11) is 0.672. The average molecular weight is 251 g/mol. The van der Waals surface area contributed by atoms with E-state index in [0.29, 0.717) is 13.1 Å². The van der Waals surface area contributed by atoms with Gasteiger partial charge in [0.25, 0.3) is 0 Å². The molecule has 7 heteroatoms. The molecule has 0 aromatic heterocycles. The summed E-state index contributed by atoms with van der Waals surface area (Å²) in [6.45, 7) is 3.50. The second-order valence-corrected chi connectivity index (χ2v) is 5.81. The van der Waals surface area contributed by atoms with Crippen molar-refractivity contribution in [2.24, 2.45) is 0 Å². The van der Waals surface area contributed by atoms with Gasteiger partial charge in [0.1, 0.15) is 0 Å². The Morgan fingerprint density at radius 1 is 1.19 bits per heavy atom. The summed E-state index contributed by atoms with van der Waals surface area (Å²) in [6, 6.07) is 0. The fourth-order valence-corrected chi connectivity index (χ4v) is 1.58. The average Bonchev–Trinajstić information content (AvgIpc) is 2.07. The molecule has 0 aliphatic carbocycles. The third-order valence-electron chi connectivity index (χ3n) is 2.01. The van der Waals surface area contributed by atoms with Crippen LogP contribution in [0.25, 0.3) is 0 Å². The summed E-state index contributed by atoms with van der Waals surface area (Å²) >= 11 is 0. The molecule has 0 radical (unpaired) electrons. The molecule has 6 nitrogen and oxygen atoms in total. The molecule has 0 unspecified atom stereocenters. The highest BCUT2D eigenvalue weighted by molar-refractivity contribution is 7.88. The van der Waals surface area contributed by atoms with Crippen LogP contribution in [0.4, 0.5) is 0 Å². The van der Waals surface area contributed by atoms with Crippen LogP contribution in [-0.2, 0) is 14.8 Å². The maximum Gasteiger partial charge on any atom is 0.219 e. The Morgan fingerprint density at radius 2 is 1.75 bits per heavy atom. The van der Waals surface area contributed by atoms with Gasteiger partial charge in [-0.1, -0.05) is 0 Å². The molecule has 0 aromatic carbocycles. The summed E-state index contributed by atoms with van der Waals surface area (Å²) in [6.07, 6.45) is 1.10. The van der Waals surface area contributed by atoms with E-state index in [-0.39, 0.29) is 12.5 Å². The normalized spacial score (nSPS) is 11.8. The first-order valence-electron chi connectivity index (χ1n) is 5.07. The lowest BCUT2D eigenvalue weighted by Gasteiger charge is -2.22. The topological polar surface area (TPSA) is 69.7 Å². The third-order valence-corrected chi connectivity index (χ3v) is 2.74. The number of carbonyl (C=O) groups is 1. The molecule has 0 spiro atoms. The Hall–Kier alpha value is -0.660. The van der Waals surface area contributed by atoms with Crippen LogP contribution < -0.4 is 4.72 Å². The molecule has 0 aromatic rings. The van der Waals surface area contributed by atoms with Crippen molar-refractivity contribution in [3.63, 3.8) is 0 Å². The van der Waals surface area contributed by atoms with Crippen molar-refractivity contribution >= 4 is 15.9 Å².